The highest BCUT2D eigenvalue weighted by atomic mass is 16.6. The second-order valence-corrected chi connectivity index (χ2v) is 9.97. The maximum atomic E-state index is 13.0. The largest absolute Gasteiger partial charge is 0.469 e. The molecule has 1 aromatic rings. The van der Waals surface area contributed by atoms with Gasteiger partial charge in [0.1, 0.15) is 0 Å². The molecule has 0 aromatic heterocycles. The number of hydrogen-bond acceptors (Lipinski definition) is 8. The fourth-order valence-electron chi connectivity index (χ4n) is 5.32. The van der Waals surface area contributed by atoms with Gasteiger partial charge in [-0.3, -0.25) is 14.4 Å². The van der Waals surface area contributed by atoms with E-state index in [0.29, 0.717) is 6.42 Å². The van der Waals surface area contributed by atoms with Gasteiger partial charge in [0.2, 0.25) is 5.60 Å². The Balaban J connectivity index is 2.44. The van der Waals surface area contributed by atoms with Gasteiger partial charge in [0.05, 0.1) is 37.6 Å². The van der Waals surface area contributed by atoms with E-state index in [0.717, 1.165) is 5.56 Å². The summed E-state index contributed by atoms with van der Waals surface area (Å²) in [6.07, 6.45) is 0.436. The van der Waals surface area contributed by atoms with Gasteiger partial charge in [-0.15, -0.1) is 0 Å². The zero-order valence-electron chi connectivity index (χ0n) is 20.5. The SMILES string of the molecule is COC(=O)[C@](C)(Cc1ccccc1)C[C@](C)(C[C@@]1(C)C[C@@](C)(C(=O)OC)OC1=O)C(=O)OC. The Bertz CT molecular complexity index is 912. The number of esters is 4. The molecular weight excluding hydrogens is 428 g/mol. The first-order valence-electron chi connectivity index (χ1n) is 10.8. The van der Waals surface area contributed by atoms with Crippen molar-refractivity contribution in [3.05, 3.63) is 35.9 Å². The number of carbonyl (C=O) groups is 4. The van der Waals surface area contributed by atoms with Gasteiger partial charge in [0, 0.05) is 6.42 Å². The van der Waals surface area contributed by atoms with Crippen LogP contribution in [-0.4, -0.2) is 50.8 Å². The molecule has 0 saturated carbocycles. The molecule has 1 saturated heterocycles. The minimum Gasteiger partial charge on any atom is -0.469 e. The predicted molar refractivity (Wildman–Crippen MR) is 119 cm³/mol. The third-order valence-corrected chi connectivity index (χ3v) is 6.51. The Hall–Kier alpha value is -2.90. The van der Waals surface area contributed by atoms with Gasteiger partial charge in [-0.2, -0.15) is 0 Å². The van der Waals surface area contributed by atoms with Crippen LogP contribution < -0.4 is 0 Å². The average Bonchev–Trinajstić information content (AvgIpc) is 3.00. The molecule has 1 heterocycles. The first-order valence-corrected chi connectivity index (χ1v) is 10.8. The Morgan fingerprint density at radius 2 is 1.48 bits per heavy atom. The normalized spacial score (nSPS) is 25.8. The van der Waals surface area contributed by atoms with E-state index in [1.165, 1.54) is 28.3 Å². The molecule has 0 unspecified atom stereocenters. The molecule has 33 heavy (non-hydrogen) atoms. The highest BCUT2D eigenvalue weighted by Gasteiger charge is 2.60. The molecule has 0 radical (unpaired) electrons. The van der Waals surface area contributed by atoms with Gasteiger partial charge >= 0.3 is 23.9 Å². The molecule has 1 aromatic carbocycles. The first kappa shape index (κ1) is 26.4. The summed E-state index contributed by atoms with van der Waals surface area (Å²) in [5, 5.41) is 0. The fourth-order valence-corrected chi connectivity index (χ4v) is 5.32. The molecule has 8 heteroatoms. The van der Waals surface area contributed by atoms with Crippen molar-refractivity contribution in [3.63, 3.8) is 0 Å². The van der Waals surface area contributed by atoms with Crippen LogP contribution in [-0.2, 0) is 44.5 Å². The lowest BCUT2D eigenvalue weighted by Crippen LogP contribution is -2.44. The van der Waals surface area contributed by atoms with Gasteiger partial charge < -0.3 is 18.9 Å². The van der Waals surface area contributed by atoms with E-state index >= 15 is 0 Å². The molecule has 1 fully saturated rings. The Labute approximate surface area is 194 Å². The third kappa shape index (κ3) is 5.37. The number of hydrogen-bond donors (Lipinski definition) is 0. The van der Waals surface area contributed by atoms with Crippen molar-refractivity contribution in [2.24, 2.45) is 16.2 Å². The van der Waals surface area contributed by atoms with Gasteiger partial charge in [0.15, 0.2) is 0 Å². The van der Waals surface area contributed by atoms with Crippen molar-refractivity contribution in [2.75, 3.05) is 21.3 Å². The Kier molecular flexibility index (Phi) is 7.61. The summed E-state index contributed by atoms with van der Waals surface area (Å²) in [7, 11) is 3.79. The number of cyclic esters (lactones) is 1. The molecule has 0 amide bonds. The monoisotopic (exact) mass is 462 g/mol. The van der Waals surface area contributed by atoms with Crippen molar-refractivity contribution in [1.29, 1.82) is 0 Å². The van der Waals surface area contributed by atoms with E-state index < -0.39 is 45.7 Å². The molecule has 0 spiro atoms. The molecule has 0 aliphatic carbocycles. The number of rotatable bonds is 9. The van der Waals surface area contributed by atoms with Gasteiger partial charge in [-0.05, 0) is 52.5 Å². The molecule has 0 N–H and O–H groups in total. The van der Waals surface area contributed by atoms with Crippen molar-refractivity contribution in [2.45, 2.75) is 59.0 Å². The topological polar surface area (TPSA) is 105 Å². The van der Waals surface area contributed by atoms with Crippen molar-refractivity contribution >= 4 is 23.9 Å². The lowest BCUT2D eigenvalue weighted by molar-refractivity contribution is -0.171. The first-order chi connectivity index (χ1) is 15.3. The smallest absolute Gasteiger partial charge is 0.350 e. The maximum absolute atomic E-state index is 13.0. The summed E-state index contributed by atoms with van der Waals surface area (Å²) in [4.78, 5) is 51.1. The molecule has 182 valence electrons. The highest BCUT2D eigenvalue weighted by molar-refractivity contribution is 5.90. The predicted octanol–water partition coefficient (Wildman–Crippen LogP) is 3.25. The van der Waals surface area contributed by atoms with Crippen LogP contribution in [0.5, 0.6) is 0 Å². The summed E-state index contributed by atoms with van der Waals surface area (Å²) >= 11 is 0. The zero-order valence-corrected chi connectivity index (χ0v) is 20.5. The van der Waals surface area contributed by atoms with E-state index in [-0.39, 0.29) is 19.3 Å². The molecule has 4 atom stereocenters. The molecule has 1 aliphatic heterocycles. The summed E-state index contributed by atoms with van der Waals surface area (Å²) in [5.41, 5.74) is -4.05. The van der Waals surface area contributed by atoms with Crippen molar-refractivity contribution in [1.82, 2.24) is 0 Å². The van der Waals surface area contributed by atoms with Crippen LogP contribution in [0.4, 0.5) is 0 Å². The van der Waals surface area contributed by atoms with Crippen LogP contribution in [0.25, 0.3) is 0 Å². The second kappa shape index (κ2) is 9.53. The van der Waals surface area contributed by atoms with E-state index in [1.54, 1.807) is 20.8 Å². The van der Waals surface area contributed by atoms with Crippen molar-refractivity contribution < 1.29 is 38.1 Å². The molecular formula is C25H34O8. The van der Waals surface area contributed by atoms with Crippen molar-refractivity contribution in [3.8, 4) is 0 Å². The number of methoxy groups -OCH3 is 3. The zero-order chi connectivity index (χ0) is 25.1. The van der Waals surface area contributed by atoms with Crippen LogP contribution in [0.15, 0.2) is 30.3 Å². The minimum atomic E-state index is -1.45. The lowest BCUT2D eigenvalue weighted by atomic mass is 9.63. The van der Waals surface area contributed by atoms with Crippen LogP contribution in [0, 0.1) is 16.2 Å². The number of carbonyl (C=O) groups excluding carboxylic acids is 4. The van der Waals surface area contributed by atoms with E-state index in [1.807, 2.05) is 30.3 Å². The number of ether oxygens (including phenoxy) is 4. The highest BCUT2D eigenvalue weighted by Crippen LogP contribution is 2.51. The lowest BCUT2D eigenvalue weighted by Gasteiger charge is -2.39. The van der Waals surface area contributed by atoms with E-state index in [9.17, 15) is 19.2 Å². The van der Waals surface area contributed by atoms with Crippen LogP contribution in [0.3, 0.4) is 0 Å². The third-order valence-electron chi connectivity index (χ3n) is 6.51. The van der Waals surface area contributed by atoms with E-state index in [2.05, 4.69) is 0 Å². The van der Waals surface area contributed by atoms with Crippen LogP contribution in [0.2, 0.25) is 0 Å². The summed E-state index contributed by atoms with van der Waals surface area (Å²) in [6.45, 7) is 6.54. The maximum Gasteiger partial charge on any atom is 0.350 e. The van der Waals surface area contributed by atoms with Gasteiger partial charge in [0.25, 0.3) is 0 Å². The summed E-state index contributed by atoms with van der Waals surface area (Å²) < 4.78 is 20.4. The average molecular weight is 463 g/mol. The molecule has 0 bridgehead atoms. The Morgan fingerprint density at radius 3 is 2.00 bits per heavy atom. The van der Waals surface area contributed by atoms with Gasteiger partial charge in [-0.1, -0.05) is 30.3 Å². The van der Waals surface area contributed by atoms with E-state index in [4.69, 9.17) is 18.9 Å². The minimum absolute atomic E-state index is 0.0134. The standard InChI is InChI=1S/C25H34O8/c1-22(18(26)30-5,13-17-11-9-8-10-12-17)14-23(2,19(27)31-6)15-24(3)16-25(4,21(29)32-7)33-20(24)28/h8-12H,13-16H2,1-7H3/t22-,23-,24+,25+/m1/s1. The quantitative estimate of drug-likeness (QED) is 0.407. The molecule has 8 nitrogen and oxygen atoms in total. The molecule has 2 rings (SSSR count). The Morgan fingerprint density at radius 1 is 0.939 bits per heavy atom. The van der Waals surface area contributed by atoms with Crippen LogP contribution >= 0.6 is 0 Å². The molecule has 1 aliphatic rings. The number of benzene rings is 1. The summed E-state index contributed by atoms with van der Waals surface area (Å²) in [5.74, 6) is -2.30. The second-order valence-electron chi connectivity index (χ2n) is 9.97. The van der Waals surface area contributed by atoms with Crippen LogP contribution in [0.1, 0.15) is 52.5 Å². The van der Waals surface area contributed by atoms with Gasteiger partial charge in [-0.25, -0.2) is 4.79 Å². The summed E-state index contributed by atoms with van der Waals surface area (Å²) in [6, 6.07) is 9.41. The fraction of sp³-hybridized carbons (Fsp3) is 0.600.